The van der Waals surface area contributed by atoms with Crippen LogP contribution in [0.15, 0.2) is 12.1 Å². The predicted molar refractivity (Wildman–Crippen MR) is 112 cm³/mol. The first kappa shape index (κ1) is 23.3. The molecule has 9 heteroatoms. The smallest absolute Gasteiger partial charge is 0.227 e. The molecule has 164 valence electrons. The van der Waals surface area contributed by atoms with Gasteiger partial charge in [0.15, 0.2) is 11.5 Å². The van der Waals surface area contributed by atoms with Crippen molar-refractivity contribution in [3.05, 3.63) is 12.1 Å². The molecule has 0 atom stereocenters. The van der Waals surface area contributed by atoms with Crippen molar-refractivity contribution in [1.82, 2.24) is 4.72 Å². The number of hydrogen-bond acceptors (Lipinski definition) is 6. The van der Waals surface area contributed by atoms with Gasteiger partial charge in [-0.3, -0.25) is 4.79 Å². The molecule has 0 spiro atoms. The number of hydrogen-bond donors (Lipinski definition) is 2. The summed E-state index contributed by atoms with van der Waals surface area (Å²) < 4.78 is 42.5. The molecule has 0 unspecified atom stereocenters. The molecule has 8 nitrogen and oxygen atoms in total. The van der Waals surface area contributed by atoms with Crippen LogP contribution in [-0.4, -0.2) is 46.4 Å². The number of carbonyl (C=O) groups is 1. The summed E-state index contributed by atoms with van der Waals surface area (Å²) in [5.41, 5.74) is 0.556. The first-order chi connectivity index (χ1) is 13.5. The summed E-state index contributed by atoms with van der Waals surface area (Å²) >= 11 is 0. The maximum absolute atomic E-state index is 12.7. The summed E-state index contributed by atoms with van der Waals surface area (Å²) in [7, 11) is 1.16. The normalized spacial score (nSPS) is 20.1. The first-order valence-corrected chi connectivity index (χ1v) is 11.1. The topological polar surface area (TPSA) is 103 Å². The van der Waals surface area contributed by atoms with Gasteiger partial charge >= 0.3 is 0 Å². The Bertz CT molecular complexity index is 799. The number of sulfonamides is 1. The fourth-order valence-corrected chi connectivity index (χ4v) is 4.30. The van der Waals surface area contributed by atoms with Crippen LogP contribution in [0, 0.1) is 5.92 Å². The molecular weight excluding hydrogens is 396 g/mol. The van der Waals surface area contributed by atoms with Gasteiger partial charge in [0.2, 0.25) is 21.7 Å². The zero-order valence-electron chi connectivity index (χ0n) is 18.0. The van der Waals surface area contributed by atoms with Crippen LogP contribution in [0.2, 0.25) is 0 Å². The van der Waals surface area contributed by atoms with Crippen molar-refractivity contribution < 1.29 is 27.4 Å². The fraction of sp³-hybridized carbons (Fsp3) is 0.650. The fourth-order valence-electron chi connectivity index (χ4n) is 3.27. The molecule has 0 aromatic heterocycles. The van der Waals surface area contributed by atoms with Gasteiger partial charge in [0.25, 0.3) is 0 Å². The summed E-state index contributed by atoms with van der Waals surface area (Å²) in [5.74, 6) is 1.10. The van der Waals surface area contributed by atoms with E-state index < -0.39 is 14.8 Å². The van der Waals surface area contributed by atoms with Crippen molar-refractivity contribution in [3.63, 3.8) is 0 Å². The van der Waals surface area contributed by atoms with Crippen LogP contribution in [0.25, 0.3) is 0 Å². The summed E-state index contributed by atoms with van der Waals surface area (Å²) in [4.78, 5) is 12.7. The van der Waals surface area contributed by atoms with Gasteiger partial charge in [-0.05, 0) is 46.5 Å². The molecule has 2 rings (SSSR count). The second kappa shape index (κ2) is 9.21. The lowest BCUT2D eigenvalue weighted by atomic mass is 9.86. The van der Waals surface area contributed by atoms with E-state index in [1.165, 1.54) is 21.3 Å². The Morgan fingerprint density at radius 1 is 0.966 bits per heavy atom. The predicted octanol–water partition coefficient (Wildman–Crippen LogP) is 2.93. The average molecular weight is 429 g/mol. The maximum atomic E-state index is 12.7. The van der Waals surface area contributed by atoms with E-state index in [0.717, 1.165) is 0 Å². The molecule has 29 heavy (non-hydrogen) atoms. The molecule has 0 aliphatic heterocycles. The van der Waals surface area contributed by atoms with Gasteiger partial charge in [0.05, 0.1) is 26.1 Å². The minimum atomic E-state index is -3.40. The highest BCUT2D eigenvalue weighted by Crippen LogP contribution is 2.40. The monoisotopic (exact) mass is 428 g/mol. The SMILES string of the molecule is COc1cc(NC(=O)C2CCC(NS(=O)(=O)C(C)(C)C)CC2)cc(OC)c1OC. The Morgan fingerprint density at radius 3 is 1.90 bits per heavy atom. The van der Waals surface area contributed by atoms with Crippen molar-refractivity contribution in [1.29, 1.82) is 0 Å². The van der Waals surface area contributed by atoms with Crippen LogP contribution >= 0.6 is 0 Å². The maximum Gasteiger partial charge on any atom is 0.227 e. The van der Waals surface area contributed by atoms with Crippen LogP contribution in [0.4, 0.5) is 5.69 Å². The molecule has 1 aliphatic carbocycles. The number of rotatable bonds is 7. The van der Waals surface area contributed by atoms with Crippen LogP contribution < -0.4 is 24.2 Å². The quantitative estimate of drug-likeness (QED) is 0.692. The van der Waals surface area contributed by atoms with Crippen molar-refractivity contribution >= 4 is 21.6 Å². The van der Waals surface area contributed by atoms with E-state index in [2.05, 4.69) is 10.0 Å². The molecule has 1 aromatic carbocycles. The van der Waals surface area contributed by atoms with E-state index in [-0.39, 0.29) is 17.9 Å². The van der Waals surface area contributed by atoms with Crippen LogP contribution in [-0.2, 0) is 14.8 Å². The highest BCUT2D eigenvalue weighted by atomic mass is 32.2. The number of carbonyl (C=O) groups excluding carboxylic acids is 1. The lowest BCUT2D eigenvalue weighted by molar-refractivity contribution is -0.120. The lowest BCUT2D eigenvalue weighted by Crippen LogP contribution is -2.46. The number of benzene rings is 1. The number of anilines is 1. The molecule has 0 saturated heterocycles. The first-order valence-electron chi connectivity index (χ1n) is 9.65. The molecule has 2 N–H and O–H groups in total. The number of ether oxygens (including phenoxy) is 3. The molecule has 1 aliphatic rings. The van der Waals surface area contributed by atoms with Gasteiger partial charge < -0.3 is 19.5 Å². The zero-order chi connectivity index (χ0) is 21.8. The Hall–Kier alpha value is -2.00. The van der Waals surface area contributed by atoms with Crippen molar-refractivity contribution in [2.45, 2.75) is 57.2 Å². The van der Waals surface area contributed by atoms with E-state index in [1.807, 2.05) is 0 Å². The van der Waals surface area contributed by atoms with Crippen LogP contribution in [0.1, 0.15) is 46.5 Å². The molecule has 1 fully saturated rings. The van der Waals surface area contributed by atoms with Gasteiger partial charge in [-0.15, -0.1) is 0 Å². The molecule has 0 radical (unpaired) electrons. The molecule has 0 heterocycles. The van der Waals surface area contributed by atoms with E-state index in [0.29, 0.717) is 48.6 Å². The second-order valence-electron chi connectivity index (χ2n) is 8.19. The van der Waals surface area contributed by atoms with Crippen molar-refractivity contribution in [2.75, 3.05) is 26.6 Å². The zero-order valence-corrected chi connectivity index (χ0v) is 18.8. The number of nitrogens with one attached hydrogen (secondary N) is 2. The summed E-state index contributed by atoms with van der Waals surface area (Å²) in [6.07, 6.45) is 2.49. The molecule has 1 aromatic rings. The van der Waals surface area contributed by atoms with Gasteiger partial charge in [-0.25, -0.2) is 13.1 Å². The van der Waals surface area contributed by atoms with Crippen LogP contribution in [0.5, 0.6) is 17.2 Å². The highest BCUT2D eigenvalue weighted by Gasteiger charge is 2.34. The molecule has 1 saturated carbocycles. The third-order valence-electron chi connectivity index (χ3n) is 5.16. The Balaban J connectivity index is 2.00. The Kier molecular flexibility index (Phi) is 7.40. The third kappa shape index (κ3) is 5.54. The van der Waals surface area contributed by atoms with Gasteiger partial charge in [-0.2, -0.15) is 0 Å². The molecular formula is C20H32N2O6S. The van der Waals surface area contributed by atoms with Gasteiger partial charge in [-0.1, -0.05) is 0 Å². The Morgan fingerprint density at radius 2 is 1.48 bits per heavy atom. The van der Waals surface area contributed by atoms with E-state index in [1.54, 1.807) is 32.9 Å². The van der Waals surface area contributed by atoms with E-state index >= 15 is 0 Å². The van der Waals surface area contributed by atoms with E-state index in [4.69, 9.17) is 14.2 Å². The number of methoxy groups -OCH3 is 3. The Labute approximate surface area is 173 Å². The third-order valence-corrected chi connectivity index (χ3v) is 7.41. The van der Waals surface area contributed by atoms with Gasteiger partial charge in [0, 0.05) is 29.8 Å². The van der Waals surface area contributed by atoms with E-state index in [9.17, 15) is 13.2 Å². The molecule has 1 amide bonds. The summed E-state index contributed by atoms with van der Waals surface area (Å²) in [6.45, 7) is 5.02. The lowest BCUT2D eigenvalue weighted by Gasteiger charge is -2.30. The van der Waals surface area contributed by atoms with Crippen LogP contribution in [0.3, 0.4) is 0 Å². The minimum Gasteiger partial charge on any atom is -0.493 e. The van der Waals surface area contributed by atoms with Crippen molar-refractivity contribution in [2.24, 2.45) is 5.92 Å². The largest absolute Gasteiger partial charge is 0.493 e. The standard InChI is InChI=1S/C20H32N2O6S/c1-20(2,3)29(24,25)22-14-9-7-13(8-10-14)19(23)21-15-11-16(26-4)18(28-6)17(12-15)27-5/h11-14,22H,7-10H2,1-6H3,(H,21,23). The van der Waals surface area contributed by atoms with Gasteiger partial charge in [0.1, 0.15) is 0 Å². The van der Waals surface area contributed by atoms with Crippen molar-refractivity contribution in [3.8, 4) is 17.2 Å². The minimum absolute atomic E-state index is 0.101. The summed E-state index contributed by atoms with van der Waals surface area (Å²) in [6, 6.07) is 3.23. The number of amides is 1. The highest BCUT2D eigenvalue weighted by molar-refractivity contribution is 7.90. The molecule has 0 bridgehead atoms. The average Bonchev–Trinajstić information content (AvgIpc) is 2.66. The second-order valence-corrected chi connectivity index (χ2v) is 10.7. The summed E-state index contributed by atoms with van der Waals surface area (Å²) in [5, 5.41) is 2.91.